The van der Waals surface area contributed by atoms with Gasteiger partial charge >= 0.3 is 0 Å². The normalized spacial score (nSPS) is 17.3. The lowest BCUT2D eigenvalue weighted by molar-refractivity contribution is 0.836. The lowest BCUT2D eigenvalue weighted by atomic mass is 9.93. The first-order valence-corrected chi connectivity index (χ1v) is 7.04. The summed E-state index contributed by atoms with van der Waals surface area (Å²) in [5.74, 6) is 0.595. The number of rotatable bonds is 2. The third kappa shape index (κ3) is 1.95. The number of aryl methyl sites for hydroxylation is 2. The van der Waals surface area contributed by atoms with Crippen molar-refractivity contribution in [3.8, 4) is 0 Å². The number of fused-ring (bicyclic) bond motifs is 3. The topological polar surface area (TPSA) is 28.1 Å². The highest BCUT2D eigenvalue weighted by Gasteiger charge is 2.20. The predicted molar refractivity (Wildman–Crippen MR) is 78.1 cm³/mol. The summed E-state index contributed by atoms with van der Waals surface area (Å²) >= 11 is 5.73. The fraction of sp³-hybridized carbons (Fsp3) is 0.400. The third-order valence-corrected chi connectivity index (χ3v) is 3.75. The first-order chi connectivity index (χ1) is 8.79. The average Bonchev–Trinajstić information content (AvgIpc) is 2.75. The number of aromatic nitrogens is 1. The maximum atomic E-state index is 5.73. The molecule has 0 aliphatic heterocycles. The van der Waals surface area contributed by atoms with Crippen molar-refractivity contribution >= 4 is 28.2 Å². The van der Waals surface area contributed by atoms with Crippen LogP contribution in [-0.4, -0.2) is 23.1 Å². The first-order valence-electron chi connectivity index (χ1n) is 6.50. The van der Waals surface area contributed by atoms with Crippen LogP contribution in [0.15, 0.2) is 23.2 Å². The van der Waals surface area contributed by atoms with E-state index in [0.29, 0.717) is 12.4 Å². The molecule has 94 valence electrons. The number of halogens is 1. The Hall–Kier alpha value is -1.28. The van der Waals surface area contributed by atoms with Gasteiger partial charge in [-0.05, 0) is 43.9 Å². The highest BCUT2D eigenvalue weighted by molar-refractivity contribution is 6.18. The molecule has 3 rings (SSSR count). The Morgan fingerprint density at radius 1 is 1.33 bits per heavy atom. The van der Waals surface area contributed by atoms with Gasteiger partial charge in [-0.1, -0.05) is 11.6 Å². The number of nitrogens with zero attached hydrogens (tertiary/aromatic N) is 1. The molecule has 1 aromatic carbocycles. The van der Waals surface area contributed by atoms with Crippen LogP contribution in [0.1, 0.15) is 29.7 Å². The summed E-state index contributed by atoms with van der Waals surface area (Å²) in [7, 11) is 0. The van der Waals surface area contributed by atoms with Crippen LogP contribution in [0.3, 0.4) is 0 Å². The van der Waals surface area contributed by atoms with Gasteiger partial charge in [-0.2, -0.15) is 0 Å². The van der Waals surface area contributed by atoms with Gasteiger partial charge in [-0.25, -0.2) is 0 Å². The Morgan fingerprint density at radius 2 is 2.22 bits per heavy atom. The van der Waals surface area contributed by atoms with E-state index in [1.54, 1.807) is 0 Å². The summed E-state index contributed by atoms with van der Waals surface area (Å²) in [5.41, 5.74) is 6.42. The number of nitrogens with one attached hydrogen (secondary N) is 1. The van der Waals surface area contributed by atoms with Crippen molar-refractivity contribution in [3.63, 3.8) is 0 Å². The van der Waals surface area contributed by atoms with Gasteiger partial charge in [-0.3, -0.25) is 4.99 Å². The van der Waals surface area contributed by atoms with E-state index in [9.17, 15) is 0 Å². The lowest BCUT2D eigenvalue weighted by Crippen LogP contribution is -2.12. The molecule has 0 atom stereocenters. The molecule has 1 aliphatic rings. The maximum absolute atomic E-state index is 5.73. The standard InChI is InChI=1S/C15H17ClN2/c1-10-5-6-13-12(9-10)11-3-2-4-14(15(11)18-13)17-8-7-16/h5-6,9,18H,2-4,7-8H2,1H3. The van der Waals surface area contributed by atoms with Gasteiger partial charge in [0.25, 0.3) is 0 Å². The summed E-state index contributed by atoms with van der Waals surface area (Å²) < 4.78 is 0. The summed E-state index contributed by atoms with van der Waals surface area (Å²) in [6.45, 7) is 2.86. The molecule has 1 aromatic heterocycles. The van der Waals surface area contributed by atoms with Crippen molar-refractivity contribution < 1.29 is 0 Å². The monoisotopic (exact) mass is 260 g/mol. The fourth-order valence-electron chi connectivity index (χ4n) is 2.76. The minimum atomic E-state index is 0.595. The zero-order valence-electron chi connectivity index (χ0n) is 10.6. The quantitative estimate of drug-likeness (QED) is 0.795. The second-order valence-corrected chi connectivity index (χ2v) is 5.28. The van der Waals surface area contributed by atoms with E-state index in [1.165, 1.54) is 39.9 Å². The molecule has 1 heterocycles. The number of H-pyrrole nitrogens is 1. The van der Waals surface area contributed by atoms with Gasteiger partial charge in [0.2, 0.25) is 0 Å². The van der Waals surface area contributed by atoms with Crippen molar-refractivity contribution in [1.29, 1.82) is 0 Å². The number of alkyl halides is 1. The summed E-state index contributed by atoms with van der Waals surface area (Å²) in [6, 6.07) is 6.59. The highest BCUT2D eigenvalue weighted by atomic mass is 35.5. The van der Waals surface area contributed by atoms with E-state index in [0.717, 1.165) is 12.8 Å². The molecule has 0 amide bonds. The van der Waals surface area contributed by atoms with Crippen molar-refractivity contribution in [1.82, 2.24) is 4.98 Å². The Labute approximate surface area is 112 Å². The average molecular weight is 261 g/mol. The van der Waals surface area contributed by atoms with E-state index >= 15 is 0 Å². The van der Waals surface area contributed by atoms with E-state index in [2.05, 4.69) is 35.1 Å². The van der Waals surface area contributed by atoms with Crippen LogP contribution >= 0.6 is 11.6 Å². The summed E-state index contributed by atoms with van der Waals surface area (Å²) in [6.07, 6.45) is 3.41. The Kier molecular flexibility index (Phi) is 3.13. The first kappa shape index (κ1) is 11.8. The van der Waals surface area contributed by atoms with Gasteiger partial charge in [-0.15, -0.1) is 11.6 Å². The fourth-order valence-corrected chi connectivity index (χ4v) is 2.84. The molecule has 2 nitrogen and oxygen atoms in total. The van der Waals surface area contributed by atoms with Gasteiger partial charge in [0.05, 0.1) is 18.0 Å². The zero-order valence-corrected chi connectivity index (χ0v) is 11.3. The lowest BCUT2D eigenvalue weighted by Gasteiger charge is -2.14. The van der Waals surface area contributed by atoms with Crippen LogP contribution in [-0.2, 0) is 6.42 Å². The maximum Gasteiger partial charge on any atom is 0.0637 e. The van der Waals surface area contributed by atoms with Crippen LogP contribution in [0, 0.1) is 6.92 Å². The second kappa shape index (κ2) is 4.77. The molecule has 0 saturated heterocycles. The van der Waals surface area contributed by atoms with Gasteiger partial charge in [0.1, 0.15) is 0 Å². The molecule has 18 heavy (non-hydrogen) atoms. The van der Waals surface area contributed by atoms with Crippen molar-refractivity contribution in [2.75, 3.05) is 12.4 Å². The van der Waals surface area contributed by atoms with Crippen LogP contribution in [0.5, 0.6) is 0 Å². The second-order valence-electron chi connectivity index (χ2n) is 4.90. The molecule has 2 aromatic rings. The van der Waals surface area contributed by atoms with Crippen LogP contribution in [0.2, 0.25) is 0 Å². The molecule has 1 N–H and O–H groups in total. The number of hydrogen-bond donors (Lipinski definition) is 1. The third-order valence-electron chi connectivity index (χ3n) is 3.58. The SMILES string of the molecule is Cc1ccc2[nH]c3c(c2c1)CCCC3=NCCCl. The van der Waals surface area contributed by atoms with Crippen LogP contribution in [0.4, 0.5) is 0 Å². The van der Waals surface area contributed by atoms with E-state index < -0.39 is 0 Å². The molecule has 0 radical (unpaired) electrons. The number of hydrogen-bond acceptors (Lipinski definition) is 1. The van der Waals surface area contributed by atoms with Crippen molar-refractivity contribution in [3.05, 3.63) is 35.0 Å². The summed E-state index contributed by atoms with van der Waals surface area (Å²) in [5, 5.41) is 1.36. The molecule has 3 heteroatoms. The Balaban J connectivity index is 2.15. The molecule has 0 unspecified atom stereocenters. The summed E-state index contributed by atoms with van der Waals surface area (Å²) in [4.78, 5) is 8.14. The minimum Gasteiger partial charge on any atom is -0.353 e. The number of benzene rings is 1. The molecule has 0 fully saturated rings. The number of aliphatic imine (C=N–C) groups is 1. The van der Waals surface area contributed by atoms with E-state index in [-0.39, 0.29) is 0 Å². The molecule has 0 saturated carbocycles. The Bertz CT molecular complexity index is 610. The molecule has 0 bridgehead atoms. The smallest absolute Gasteiger partial charge is 0.0637 e. The van der Waals surface area contributed by atoms with Gasteiger partial charge in [0.15, 0.2) is 0 Å². The minimum absolute atomic E-state index is 0.595. The van der Waals surface area contributed by atoms with E-state index in [4.69, 9.17) is 11.6 Å². The molecule has 0 spiro atoms. The van der Waals surface area contributed by atoms with Gasteiger partial charge in [0, 0.05) is 16.8 Å². The van der Waals surface area contributed by atoms with E-state index in [1.807, 2.05) is 0 Å². The Morgan fingerprint density at radius 3 is 3.06 bits per heavy atom. The predicted octanol–water partition coefficient (Wildman–Crippen LogP) is 3.84. The van der Waals surface area contributed by atoms with Crippen molar-refractivity contribution in [2.45, 2.75) is 26.2 Å². The largest absolute Gasteiger partial charge is 0.353 e. The molecular formula is C15H17ClN2. The van der Waals surface area contributed by atoms with Crippen LogP contribution in [0.25, 0.3) is 10.9 Å². The molecular weight excluding hydrogens is 244 g/mol. The van der Waals surface area contributed by atoms with Crippen molar-refractivity contribution in [2.24, 2.45) is 4.99 Å². The number of aromatic amines is 1. The van der Waals surface area contributed by atoms with Gasteiger partial charge < -0.3 is 4.98 Å². The highest BCUT2D eigenvalue weighted by Crippen LogP contribution is 2.30. The molecule has 1 aliphatic carbocycles. The van der Waals surface area contributed by atoms with Crippen LogP contribution < -0.4 is 0 Å². The zero-order chi connectivity index (χ0) is 12.5.